The number of para-hydroxylation sites is 1. The number of nitrogens with zero attached hydrogens (tertiary/aromatic N) is 1. The van der Waals surface area contributed by atoms with Gasteiger partial charge in [-0.15, -0.1) is 0 Å². The number of rotatable bonds is 7. The van der Waals surface area contributed by atoms with Gasteiger partial charge in [-0.3, -0.25) is 5.43 Å². The van der Waals surface area contributed by atoms with Crippen LogP contribution in [-0.2, 0) is 0 Å². The molecule has 3 rings (SSSR count). The molecule has 3 aromatic carbocycles. The molecule has 0 aromatic heterocycles. The predicted molar refractivity (Wildman–Crippen MR) is 109 cm³/mol. The van der Waals surface area contributed by atoms with Gasteiger partial charge in [-0.2, -0.15) is 5.10 Å². The van der Waals surface area contributed by atoms with Gasteiger partial charge in [0.2, 0.25) is 0 Å². The lowest BCUT2D eigenvalue weighted by molar-refractivity contribution is 0.0695. The Labute approximate surface area is 167 Å². The summed E-state index contributed by atoms with van der Waals surface area (Å²) >= 11 is 0. The van der Waals surface area contributed by atoms with Crippen LogP contribution in [-0.4, -0.2) is 30.4 Å². The lowest BCUT2D eigenvalue weighted by atomic mass is 10.2. The minimum Gasteiger partial charge on any atom is -0.493 e. The van der Waals surface area contributed by atoms with Crippen LogP contribution in [0.1, 0.15) is 26.3 Å². The van der Waals surface area contributed by atoms with E-state index in [2.05, 4.69) is 10.5 Å². The monoisotopic (exact) mass is 390 g/mol. The van der Waals surface area contributed by atoms with Crippen molar-refractivity contribution in [2.24, 2.45) is 5.10 Å². The molecule has 0 atom stereocenters. The Morgan fingerprint density at radius 2 is 1.69 bits per heavy atom. The lowest BCUT2D eigenvalue weighted by Crippen LogP contribution is -2.09. The van der Waals surface area contributed by atoms with Crippen LogP contribution < -0.4 is 14.9 Å². The number of carbonyl (C=O) groups is 2. The van der Waals surface area contributed by atoms with Crippen LogP contribution in [0.5, 0.6) is 11.5 Å². The molecule has 3 aromatic rings. The van der Waals surface area contributed by atoms with Crippen LogP contribution in [0.3, 0.4) is 0 Å². The molecule has 0 bridgehead atoms. The van der Waals surface area contributed by atoms with Gasteiger partial charge in [-0.25, -0.2) is 9.59 Å². The summed E-state index contributed by atoms with van der Waals surface area (Å²) in [6.45, 7) is 0. The van der Waals surface area contributed by atoms with Crippen LogP contribution in [0, 0.1) is 0 Å². The van der Waals surface area contributed by atoms with E-state index in [0.717, 1.165) is 0 Å². The van der Waals surface area contributed by atoms with E-state index in [1.807, 2.05) is 6.07 Å². The van der Waals surface area contributed by atoms with Crippen molar-refractivity contribution in [3.05, 3.63) is 89.5 Å². The summed E-state index contributed by atoms with van der Waals surface area (Å²) in [5.74, 6) is -0.890. The number of aromatic carboxylic acids is 1. The molecule has 2 N–H and O–H groups in total. The summed E-state index contributed by atoms with van der Waals surface area (Å²) in [5.41, 5.74) is 4.30. The Kier molecular flexibility index (Phi) is 6.22. The van der Waals surface area contributed by atoms with Crippen LogP contribution in [0.15, 0.2) is 77.9 Å². The van der Waals surface area contributed by atoms with Gasteiger partial charge in [0.05, 0.1) is 30.1 Å². The Morgan fingerprint density at radius 3 is 2.41 bits per heavy atom. The highest BCUT2D eigenvalue weighted by Gasteiger charge is 2.12. The number of ether oxygens (including phenoxy) is 2. The van der Waals surface area contributed by atoms with Gasteiger partial charge in [0, 0.05) is 0 Å². The standard InChI is InChI=1S/C22H18N2O5/c1-28-20-13-15(14-23-24-18-10-6-5-9-17(18)21(25)26)11-12-19(20)29-22(27)16-7-3-2-4-8-16/h2-14,24H,1H3,(H,25,26)/b23-14+. The third kappa shape index (κ3) is 4.98. The average Bonchev–Trinajstić information content (AvgIpc) is 2.75. The first-order valence-electron chi connectivity index (χ1n) is 8.65. The SMILES string of the molecule is COc1cc(/C=N/Nc2ccccc2C(=O)O)ccc1OC(=O)c1ccccc1. The normalized spacial score (nSPS) is 10.5. The van der Waals surface area contributed by atoms with E-state index < -0.39 is 11.9 Å². The van der Waals surface area contributed by atoms with Gasteiger partial charge >= 0.3 is 11.9 Å². The average molecular weight is 390 g/mol. The van der Waals surface area contributed by atoms with E-state index in [4.69, 9.17) is 9.47 Å². The largest absolute Gasteiger partial charge is 0.493 e. The highest BCUT2D eigenvalue weighted by molar-refractivity contribution is 5.94. The van der Waals surface area contributed by atoms with Crippen molar-refractivity contribution < 1.29 is 24.2 Å². The molecule has 0 heterocycles. The third-order valence-electron chi connectivity index (χ3n) is 3.96. The summed E-state index contributed by atoms with van der Waals surface area (Å²) in [7, 11) is 1.47. The molecule has 0 amide bonds. The molecule has 0 saturated heterocycles. The molecule has 0 radical (unpaired) electrons. The molecule has 29 heavy (non-hydrogen) atoms. The number of carboxylic acid groups (broad SMARTS) is 1. The highest BCUT2D eigenvalue weighted by Crippen LogP contribution is 2.28. The van der Waals surface area contributed by atoms with Crippen LogP contribution in [0.2, 0.25) is 0 Å². The smallest absolute Gasteiger partial charge is 0.343 e. The first-order chi connectivity index (χ1) is 14.1. The second kappa shape index (κ2) is 9.18. The number of nitrogens with one attached hydrogen (secondary N) is 1. The zero-order chi connectivity index (χ0) is 20.6. The fourth-order valence-electron chi connectivity index (χ4n) is 2.53. The van der Waals surface area contributed by atoms with Gasteiger partial charge in [-0.05, 0) is 48.0 Å². The van der Waals surface area contributed by atoms with Crippen molar-refractivity contribution in [2.45, 2.75) is 0 Å². The maximum atomic E-state index is 12.2. The predicted octanol–water partition coefficient (Wildman–Crippen LogP) is 4.06. The van der Waals surface area contributed by atoms with Crippen LogP contribution in [0.4, 0.5) is 5.69 Å². The number of carboxylic acids is 1. The zero-order valence-corrected chi connectivity index (χ0v) is 15.5. The number of hydrogen-bond acceptors (Lipinski definition) is 6. The molecule has 0 aliphatic rings. The summed E-state index contributed by atoms with van der Waals surface area (Å²) in [5, 5.41) is 13.3. The molecule has 0 aliphatic heterocycles. The first-order valence-corrected chi connectivity index (χ1v) is 8.65. The summed E-state index contributed by atoms with van der Waals surface area (Å²) in [4.78, 5) is 23.4. The summed E-state index contributed by atoms with van der Waals surface area (Å²) in [6, 6.07) is 20.1. The van der Waals surface area contributed by atoms with Crippen LogP contribution in [0.25, 0.3) is 0 Å². The van der Waals surface area contributed by atoms with Crippen molar-refractivity contribution in [2.75, 3.05) is 12.5 Å². The maximum absolute atomic E-state index is 12.2. The summed E-state index contributed by atoms with van der Waals surface area (Å²) < 4.78 is 10.7. The van der Waals surface area contributed by atoms with Gasteiger partial charge in [0.25, 0.3) is 0 Å². The topological polar surface area (TPSA) is 97.2 Å². The fourth-order valence-corrected chi connectivity index (χ4v) is 2.53. The van der Waals surface area contributed by atoms with Crippen molar-refractivity contribution in [3.63, 3.8) is 0 Å². The molecular weight excluding hydrogens is 372 g/mol. The van der Waals surface area contributed by atoms with Crippen molar-refractivity contribution >= 4 is 23.8 Å². The molecule has 7 heteroatoms. The van der Waals surface area contributed by atoms with E-state index in [1.165, 1.54) is 19.4 Å². The molecule has 7 nitrogen and oxygen atoms in total. The number of esters is 1. The number of carbonyl (C=O) groups excluding carboxylic acids is 1. The number of benzene rings is 3. The molecule has 0 aliphatic carbocycles. The Bertz CT molecular complexity index is 1050. The van der Waals surface area contributed by atoms with Gasteiger partial charge < -0.3 is 14.6 Å². The zero-order valence-electron chi connectivity index (χ0n) is 15.5. The third-order valence-corrected chi connectivity index (χ3v) is 3.96. The fraction of sp³-hybridized carbons (Fsp3) is 0.0455. The number of hydrogen-bond donors (Lipinski definition) is 2. The Balaban J connectivity index is 1.73. The first kappa shape index (κ1) is 19.6. The molecule has 0 unspecified atom stereocenters. The highest BCUT2D eigenvalue weighted by atomic mass is 16.6. The van der Waals surface area contributed by atoms with E-state index >= 15 is 0 Å². The van der Waals surface area contributed by atoms with Crippen molar-refractivity contribution in [1.82, 2.24) is 0 Å². The molecule has 0 fully saturated rings. The van der Waals surface area contributed by atoms with Gasteiger partial charge in [0.15, 0.2) is 11.5 Å². The van der Waals surface area contributed by atoms with Crippen LogP contribution >= 0.6 is 0 Å². The Hall–Kier alpha value is -4.13. The van der Waals surface area contributed by atoms with Gasteiger partial charge in [0.1, 0.15) is 0 Å². The van der Waals surface area contributed by atoms with E-state index in [1.54, 1.807) is 60.7 Å². The summed E-state index contributed by atoms with van der Waals surface area (Å²) in [6.07, 6.45) is 1.50. The second-order valence-corrected chi connectivity index (χ2v) is 5.89. The van der Waals surface area contributed by atoms with Gasteiger partial charge in [-0.1, -0.05) is 30.3 Å². The van der Waals surface area contributed by atoms with E-state index in [9.17, 15) is 14.7 Å². The number of methoxy groups -OCH3 is 1. The van der Waals surface area contributed by atoms with E-state index in [-0.39, 0.29) is 11.3 Å². The number of hydrazone groups is 1. The molecule has 146 valence electrons. The Morgan fingerprint density at radius 1 is 0.966 bits per heavy atom. The molecule has 0 saturated carbocycles. The lowest BCUT2D eigenvalue weighted by Gasteiger charge is -2.10. The maximum Gasteiger partial charge on any atom is 0.343 e. The second-order valence-electron chi connectivity index (χ2n) is 5.89. The molecule has 0 spiro atoms. The van der Waals surface area contributed by atoms with Crippen molar-refractivity contribution in [3.8, 4) is 11.5 Å². The minimum atomic E-state index is -1.05. The minimum absolute atomic E-state index is 0.116. The number of anilines is 1. The van der Waals surface area contributed by atoms with E-state index in [0.29, 0.717) is 22.6 Å². The van der Waals surface area contributed by atoms with Crippen molar-refractivity contribution in [1.29, 1.82) is 0 Å². The molecular formula is C22H18N2O5. The quantitative estimate of drug-likeness (QED) is 0.273.